The number of carbonyl (C=O) groups is 1. The number of amides is 1. The molecule has 1 aromatic rings. The average molecular weight is 429 g/mol. The van der Waals surface area contributed by atoms with Crippen LogP contribution in [-0.2, 0) is 9.53 Å². The number of unbranched alkanes of at least 4 members (excludes halogenated alkanes) is 1. The molecule has 2 aliphatic rings. The third kappa shape index (κ3) is 5.46. The van der Waals surface area contributed by atoms with Crippen molar-refractivity contribution < 1.29 is 32.5 Å². The summed E-state index contributed by atoms with van der Waals surface area (Å²) >= 11 is 0. The number of ether oxygens (including phenoxy) is 2. The van der Waals surface area contributed by atoms with Crippen molar-refractivity contribution in [2.24, 2.45) is 5.41 Å². The molecule has 0 atom stereocenters. The number of rotatable bonds is 8. The first-order chi connectivity index (χ1) is 14.2. The number of hydrogen-bond acceptors (Lipinski definition) is 4. The standard InChI is InChI=1S/C22H30F3NO4/c1-2-3-14-29-15-21(28)10-8-20(9-11-21)12-13-26(19(20)27)17-4-6-18(7-5-17)30-16-22(23,24)25/h4-7,28H,2-3,8-16H2,1H3. The monoisotopic (exact) mass is 429 g/mol. The molecule has 1 N–H and O–H groups in total. The van der Waals surface area contributed by atoms with Crippen molar-refractivity contribution in [3.05, 3.63) is 24.3 Å². The Morgan fingerprint density at radius 2 is 1.77 bits per heavy atom. The lowest BCUT2D eigenvalue weighted by Crippen LogP contribution is -2.45. The summed E-state index contributed by atoms with van der Waals surface area (Å²) in [6.45, 7) is 2.25. The summed E-state index contributed by atoms with van der Waals surface area (Å²) in [6, 6.07) is 6.13. The molecule has 8 heteroatoms. The van der Waals surface area contributed by atoms with Gasteiger partial charge in [-0.3, -0.25) is 4.79 Å². The Kier molecular flexibility index (Phi) is 6.97. The number of aliphatic hydroxyl groups is 1. The second-order valence-corrected chi connectivity index (χ2v) is 8.52. The summed E-state index contributed by atoms with van der Waals surface area (Å²) in [5.74, 6) is 0.142. The van der Waals surface area contributed by atoms with Crippen molar-refractivity contribution in [1.29, 1.82) is 0 Å². The highest BCUT2D eigenvalue weighted by molar-refractivity contribution is 6.00. The Labute approximate surface area is 175 Å². The van der Waals surface area contributed by atoms with Crippen molar-refractivity contribution in [3.63, 3.8) is 0 Å². The van der Waals surface area contributed by atoms with Gasteiger partial charge in [0.2, 0.25) is 5.91 Å². The zero-order valence-corrected chi connectivity index (χ0v) is 17.3. The van der Waals surface area contributed by atoms with Crippen LogP contribution in [0, 0.1) is 5.41 Å². The van der Waals surface area contributed by atoms with Gasteiger partial charge in [0, 0.05) is 18.8 Å². The largest absolute Gasteiger partial charge is 0.484 e. The molecule has 1 spiro atoms. The summed E-state index contributed by atoms with van der Waals surface area (Å²) < 4.78 is 47.2. The van der Waals surface area contributed by atoms with Gasteiger partial charge in [0.15, 0.2) is 6.61 Å². The third-order valence-electron chi connectivity index (χ3n) is 6.21. The van der Waals surface area contributed by atoms with E-state index in [0.717, 1.165) is 12.8 Å². The molecule has 1 amide bonds. The Bertz CT molecular complexity index is 712. The smallest absolute Gasteiger partial charge is 0.422 e. The van der Waals surface area contributed by atoms with Crippen molar-refractivity contribution in [1.82, 2.24) is 0 Å². The Morgan fingerprint density at radius 1 is 1.10 bits per heavy atom. The Hall–Kier alpha value is -1.80. The van der Waals surface area contributed by atoms with Crippen molar-refractivity contribution in [2.75, 3.05) is 31.3 Å². The lowest BCUT2D eigenvalue weighted by Gasteiger charge is -2.40. The Balaban J connectivity index is 1.56. The van der Waals surface area contributed by atoms with Gasteiger partial charge in [0.1, 0.15) is 5.75 Å². The van der Waals surface area contributed by atoms with Crippen molar-refractivity contribution in [3.8, 4) is 5.75 Å². The first-order valence-corrected chi connectivity index (χ1v) is 10.6. The number of benzene rings is 1. The summed E-state index contributed by atoms with van der Waals surface area (Å²) in [4.78, 5) is 14.9. The first-order valence-electron chi connectivity index (χ1n) is 10.6. The average Bonchev–Trinajstić information content (AvgIpc) is 3.03. The van der Waals surface area contributed by atoms with Gasteiger partial charge in [-0.25, -0.2) is 0 Å². The lowest BCUT2D eigenvalue weighted by atomic mass is 9.68. The lowest BCUT2D eigenvalue weighted by molar-refractivity contribution is -0.153. The van der Waals surface area contributed by atoms with Gasteiger partial charge in [-0.15, -0.1) is 0 Å². The highest BCUT2D eigenvalue weighted by atomic mass is 19.4. The molecule has 1 aliphatic heterocycles. The quantitative estimate of drug-likeness (QED) is 0.620. The van der Waals surface area contributed by atoms with Crippen LogP contribution in [0.15, 0.2) is 24.3 Å². The van der Waals surface area contributed by atoms with Gasteiger partial charge in [-0.2, -0.15) is 13.2 Å². The predicted octanol–water partition coefficient (Wildman–Crippen LogP) is 4.47. The van der Waals surface area contributed by atoms with Crippen LogP contribution in [-0.4, -0.2) is 49.2 Å². The molecular weight excluding hydrogens is 399 g/mol. The molecule has 1 saturated carbocycles. The minimum Gasteiger partial charge on any atom is -0.484 e. The molecule has 1 saturated heterocycles. The number of alkyl halides is 3. The van der Waals surface area contributed by atoms with E-state index in [-0.39, 0.29) is 11.7 Å². The van der Waals surface area contributed by atoms with E-state index in [0.29, 0.717) is 57.6 Å². The molecule has 1 heterocycles. The van der Waals surface area contributed by atoms with E-state index in [1.807, 2.05) is 0 Å². The van der Waals surface area contributed by atoms with E-state index in [2.05, 4.69) is 6.92 Å². The van der Waals surface area contributed by atoms with Crippen LogP contribution in [0.1, 0.15) is 51.9 Å². The van der Waals surface area contributed by atoms with E-state index in [9.17, 15) is 23.1 Å². The summed E-state index contributed by atoms with van der Waals surface area (Å²) in [6.07, 6.45) is 0.622. The number of carbonyl (C=O) groups excluding carboxylic acids is 1. The van der Waals surface area contributed by atoms with Crippen LogP contribution in [0.3, 0.4) is 0 Å². The van der Waals surface area contributed by atoms with E-state index in [1.54, 1.807) is 17.0 Å². The highest BCUT2D eigenvalue weighted by Gasteiger charge is 2.51. The fourth-order valence-electron chi connectivity index (χ4n) is 4.27. The Morgan fingerprint density at radius 3 is 2.37 bits per heavy atom. The summed E-state index contributed by atoms with van der Waals surface area (Å²) in [5, 5.41) is 10.8. The molecular formula is C22H30F3NO4. The molecule has 0 aromatic heterocycles. The number of halogens is 3. The highest BCUT2D eigenvalue weighted by Crippen LogP contribution is 2.48. The molecule has 2 fully saturated rings. The molecule has 1 aliphatic carbocycles. The van der Waals surface area contributed by atoms with Gasteiger partial charge in [-0.1, -0.05) is 13.3 Å². The van der Waals surface area contributed by atoms with E-state index in [4.69, 9.17) is 9.47 Å². The summed E-state index contributed by atoms with van der Waals surface area (Å²) in [7, 11) is 0. The summed E-state index contributed by atoms with van der Waals surface area (Å²) in [5.41, 5.74) is -0.689. The number of anilines is 1. The topological polar surface area (TPSA) is 59.0 Å². The molecule has 30 heavy (non-hydrogen) atoms. The minimum absolute atomic E-state index is 0.0282. The molecule has 0 radical (unpaired) electrons. The SMILES string of the molecule is CCCCOCC1(O)CCC2(CCN(c3ccc(OCC(F)(F)F)cc3)C2=O)CC1. The second-order valence-electron chi connectivity index (χ2n) is 8.52. The molecule has 3 rings (SSSR count). The predicted molar refractivity (Wildman–Crippen MR) is 107 cm³/mol. The van der Waals surface area contributed by atoms with Crippen molar-refractivity contribution in [2.45, 2.75) is 63.6 Å². The van der Waals surface area contributed by atoms with E-state index in [1.165, 1.54) is 12.1 Å². The maximum atomic E-state index is 13.2. The van der Waals surface area contributed by atoms with E-state index >= 15 is 0 Å². The maximum absolute atomic E-state index is 13.2. The number of hydrogen-bond donors (Lipinski definition) is 1. The second kappa shape index (κ2) is 9.14. The minimum atomic E-state index is -4.39. The van der Waals surface area contributed by atoms with Crippen LogP contribution >= 0.6 is 0 Å². The van der Waals surface area contributed by atoms with Crippen LogP contribution in [0.4, 0.5) is 18.9 Å². The van der Waals surface area contributed by atoms with Crippen LogP contribution in [0.2, 0.25) is 0 Å². The van der Waals surface area contributed by atoms with Gasteiger partial charge < -0.3 is 19.5 Å². The number of nitrogens with zero attached hydrogens (tertiary/aromatic N) is 1. The van der Waals surface area contributed by atoms with Crippen LogP contribution < -0.4 is 9.64 Å². The van der Waals surface area contributed by atoms with Crippen molar-refractivity contribution >= 4 is 11.6 Å². The molecule has 0 unspecified atom stereocenters. The molecule has 0 bridgehead atoms. The zero-order chi connectivity index (χ0) is 21.8. The van der Waals surface area contributed by atoms with Gasteiger partial charge in [0.25, 0.3) is 0 Å². The van der Waals surface area contributed by atoms with Crippen LogP contribution in [0.25, 0.3) is 0 Å². The molecule has 1 aromatic carbocycles. The normalized spacial score (nSPS) is 27.1. The van der Waals surface area contributed by atoms with Gasteiger partial charge in [-0.05, 0) is 62.8 Å². The van der Waals surface area contributed by atoms with Gasteiger partial charge in [0.05, 0.1) is 17.6 Å². The van der Waals surface area contributed by atoms with Crippen LogP contribution in [0.5, 0.6) is 5.75 Å². The third-order valence-corrected chi connectivity index (χ3v) is 6.21. The maximum Gasteiger partial charge on any atom is 0.422 e. The van der Waals surface area contributed by atoms with Gasteiger partial charge >= 0.3 is 6.18 Å². The fraction of sp³-hybridized carbons (Fsp3) is 0.682. The van der Waals surface area contributed by atoms with E-state index < -0.39 is 23.8 Å². The first kappa shape index (κ1) is 22.9. The zero-order valence-electron chi connectivity index (χ0n) is 17.3. The molecule has 168 valence electrons. The fourth-order valence-corrected chi connectivity index (χ4v) is 4.27. The molecule has 5 nitrogen and oxygen atoms in total.